The maximum Gasteiger partial charge on any atom is 0.338 e. The average Bonchev–Trinajstić information content (AvgIpc) is 2.79. The topological polar surface area (TPSA) is 79.0 Å². The molecule has 7 heteroatoms. The highest BCUT2D eigenvalue weighted by Gasteiger charge is 2.35. The Morgan fingerprint density at radius 3 is 2.18 bits per heavy atom. The molecule has 0 bridgehead atoms. The predicted molar refractivity (Wildman–Crippen MR) is 129 cm³/mol. The second kappa shape index (κ2) is 11.6. The lowest BCUT2D eigenvalue weighted by atomic mass is 9.88. The molecule has 3 atom stereocenters. The van der Waals surface area contributed by atoms with E-state index in [4.69, 9.17) is 4.74 Å². The predicted octanol–water partition coefficient (Wildman–Crippen LogP) is 3.80. The van der Waals surface area contributed by atoms with Gasteiger partial charge in [-0.15, -0.1) is 0 Å². The van der Waals surface area contributed by atoms with Crippen LogP contribution < -0.4 is 5.32 Å². The Bertz CT molecular complexity index is 807. The van der Waals surface area contributed by atoms with Crippen molar-refractivity contribution in [3.8, 4) is 0 Å². The summed E-state index contributed by atoms with van der Waals surface area (Å²) in [5, 5.41) is 2.98. The van der Waals surface area contributed by atoms with Crippen molar-refractivity contribution in [2.24, 2.45) is 17.8 Å². The molecular weight excluding hydrogens is 418 g/mol. The lowest BCUT2D eigenvalue weighted by molar-refractivity contribution is -0.140. The first kappa shape index (κ1) is 25.2. The first-order chi connectivity index (χ1) is 15.8. The van der Waals surface area contributed by atoms with Gasteiger partial charge >= 0.3 is 5.97 Å². The number of hydrogen-bond donors (Lipinski definition) is 1. The van der Waals surface area contributed by atoms with Crippen LogP contribution in [0, 0.1) is 17.8 Å². The Kier molecular flexibility index (Phi) is 8.89. The summed E-state index contributed by atoms with van der Waals surface area (Å²) in [6, 6.07) is 6.54. The number of likely N-dealkylation sites (tertiary alicyclic amines) is 2. The summed E-state index contributed by atoms with van der Waals surface area (Å²) in [5.74, 6) is 1.08. The molecule has 0 spiro atoms. The van der Waals surface area contributed by atoms with Gasteiger partial charge in [0.2, 0.25) is 11.8 Å². The Labute approximate surface area is 197 Å². The third-order valence-electron chi connectivity index (χ3n) is 6.85. The molecule has 2 saturated heterocycles. The maximum absolute atomic E-state index is 13.1. The van der Waals surface area contributed by atoms with Gasteiger partial charge in [-0.3, -0.25) is 14.5 Å². The number of nitrogens with one attached hydrogen (secondary N) is 1. The van der Waals surface area contributed by atoms with Gasteiger partial charge in [-0.2, -0.15) is 0 Å². The number of anilines is 1. The number of carbonyl (C=O) groups excluding carboxylic acids is 3. The number of hydrogen-bond acceptors (Lipinski definition) is 5. The van der Waals surface area contributed by atoms with Crippen LogP contribution in [0.2, 0.25) is 0 Å². The molecule has 182 valence electrons. The lowest BCUT2D eigenvalue weighted by Gasteiger charge is -2.40. The molecular formula is C26H39N3O4. The molecule has 2 amide bonds. The highest BCUT2D eigenvalue weighted by molar-refractivity contribution is 5.96. The van der Waals surface area contributed by atoms with E-state index < -0.39 is 0 Å². The van der Waals surface area contributed by atoms with Crippen molar-refractivity contribution in [1.82, 2.24) is 9.80 Å². The summed E-state index contributed by atoms with van der Waals surface area (Å²) in [5.41, 5.74) is 1.12. The van der Waals surface area contributed by atoms with Gasteiger partial charge in [-0.05, 0) is 81.8 Å². The molecule has 0 unspecified atom stereocenters. The van der Waals surface area contributed by atoms with Crippen LogP contribution in [-0.2, 0) is 14.3 Å². The molecule has 7 nitrogen and oxygen atoms in total. The van der Waals surface area contributed by atoms with Crippen molar-refractivity contribution in [3.63, 3.8) is 0 Å². The smallest absolute Gasteiger partial charge is 0.338 e. The summed E-state index contributed by atoms with van der Waals surface area (Å²) >= 11 is 0. The van der Waals surface area contributed by atoms with E-state index >= 15 is 0 Å². The van der Waals surface area contributed by atoms with E-state index in [0.29, 0.717) is 42.0 Å². The number of piperidine rings is 2. The second-order valence-corrected chi connectivity index (χ2v) is 9.71. The Balaban J connectivity index is 1.52. The van der Waals surface area contributed by atoms with Crippen molar-refractivity contribution in [2.45, 2.75) is 59.4 Å². The van der Waals surface area contributed by atoms with Gasteiger partial charge in [-0.25, -0.2) is 4.79 Å². The van der Waals surface area contributed by atoms with E-state index in [1.165, 1.54) is 6.42 Å². The van der Waals surface area contributed by atoms with Crippen molar-refractivity contribution < 1.29 is 19.1 Å². The van der Waals surface area contributed by atoms with Crippen LogP contribution in [0.1, 0.15) is 63.7 Å². The molecule has 2 fully saturated rings. The van der Waals surface area contributed by atoms with Crippen molar-refractivity contribution in [3.05, 3.63) is 29.8 Å². The van der Waals surface area contributed by atoms with Crippen LogP contribution in [-0.4, -0.2) is 66.4 Å². The SMILES string of the molecule is CCOC(=O)c1ccc(NC(=O)[C@H](CC)N2CCC(C(=O)N3C[C@@H](C)C[C@H](C)C3)CC2)cc1. The molecule has 2 aliphatic rings. The largest absolute Gasteiger partial charge is 0.462 e. The van der Waals surface area contributed by atoms with Crippen LogP contribution >= 0.6 is 0 Å². The Morgan fingerprint density at radius 1 is 1.03 bits per heavy atom. The van der Waals surface area contributed by atoms with Crippen LogP contribution in [0.3, 0.4) is 0 Å². The van der Waals surface area contributed by atoms with Gasteiger partial charge in [-0.1, -0.05) is 20.8 Å². The molecule has 2 heterocycles. The number of esters is 1. The maximum atomic E-state index is 13.1. The molecule has 0 aromatic heterocycles. The highest BCUT2D eigenvalue weighted by Crippen LogP contribution is 2.27. The summed E-state index contributed by atoms with van der Waals surface area (Å²) in [6.07, 6.45) is 3.50. The zero-order valence-corrected chi connectivity index (χ0v) is 20.5. The van der Waals surface area contributed by atoms with E-state index in [2.05, 4.69) is 29.0 Å². The molecule has 0 saturated carbocycles. The summed E-state index contributed by atoms with van der Waals surface area (Å²) in [6.45, 7) is 11.8. The minimum atomic E-state index is -0.368. The molecule has 1 aromatic rings. The standard InChI is InChI=1S/C26H39N3O4/c1-5-23(24(30)27-22-9-7-21(8-10-22)26(32)33-6-2)28-13-11-20(12-14-28)25(31)29-16-18(3)15-19(4)17-29/h7-10,18-20,23H,5-6,11-17H2,1-4H3,(H,27,30)/t18-,19-,23-/m0/s1. The van der Waals surface area contributed by atoms with E-state index in [0.717, 1.165) is 39.0 Å². The quantitative estimate of drug-likeness (QED) is 0.630. The van der Waals surface area contributed by atoms with Crippen LogP contribution in [0.4, 0.5) is 5.69 Å². The molecule has 3 rings (SSSR count). The van der Waals surface area contributed by atoms with Gasteiger partial charge in [0.25, 0.3) is 0 Å². The molecule has 33 heavy (non-hydrogen) atoms. The second-order valence-electron chi connectivity index (χ2n) is 9.71. The van der Waals surface area contributed by atoms with Crippen LogP contribution in [0.5, 0.6) is 0 Å². The number of nitrogens with zero attached hydrogens (tertiary/aromatic N) is 2. The zero-order chi connectivity index (χ0) is 24.0. The van der Waals surface area contributed by atoms with Crippen LogP contribution in [0.25, 0.3) is 0 Å². The van der Waals surface area contributed by atoms with Gasteiger partial charge in [0.1, 0.15) is 0 Å². The Hall–Kier alpha value is -2.41. The fourth-order valence-electron chi connectivity index (χ4n) is 5.30. The molecule has 2 aliphatic heterocycles. The Morgan fingerprint density at radius 2 is 1.64 bits per heavy atom. The van der Waals surface area contributed by atoms with Crippen molar-refractivity contribution >= 4 is 23.5 Å². The fourth-order valence-corrected chi connectivity index (χ4v) is 5.30. The number of ether oxygens (including phenoxy) is 1. The molecule has 0 aliphatic carbocycles. The summed E-state index contributed by atoms with van der Waals surface area (Å²) in [4.78, 5) is 42.1. The monoisotopic (exact) mass is 457 g/mol. The minimum absolute atomic E-state index is 0.0511. The zero-order valence-electron chi connectivity index (χ0n) is 20.5. The number of benzene rings is 1. The third kappa shape index (κ3) is 6.56. The third-order valence-corrected chi connectivity index (χ3v) is 6.85. The van der Waals surface area contributed by atoms with Gasteiger partial charge in [0.05, 0.1) is 18.2 Å². The highest BCUT2D eigenvalue weighted by atomic mass is 16.5. The van der Waals surface area contributed by atoms with E-state index in [-0.39, 0.29) is 23.8 Å². The normalized spacial score (nSPS) is 23.1. The number of amides is 2. The van der Waals surface area contributed by atoms with Gasteiger partial charge in [0.15, 0.2) is 0 Å². The van der Waals surface area contributed by atoms with Gasteiger partial charge < -0.3 is 15.0 Å². The number of rotatable bonds is 7. The molecule has 1 aromatic carbocycles. The summed E-state index contributed by atoms with van der Waals surface area (Å²) in [7, 11) is 0. The van der Waals surface area contributed by atoms with E-state index in [9.17, 15) is 14.4 Å². The van der Waals surface area contributed by atoms with E-state index in [1.54, 1.807) is 31.2 Å². The average molecular weight is 458 g/mol. The molecule has 1 N–H and O–H groups in total. The lowest BCUT2D eigenvalue weighted by Crippen LogP contribution is -2.51. The first-order valence-corrected chi connectivity index (χ1v) is 12.4. The van der Waals surface area contributed by atoms with Crippen LogP contribution in [0.15, 0.2) is 24.3 Å². The van der Waals surface area contributed by atoms with Gasteiger partial charge in [0, 0.05) is 24.7 Å². The first-order valence-electron chi connectivity index (χ1n) is 12.4. The molecule has 0 radical (unpaired) electrons. The summed E-state index contributed by atoms with van der Waals surface area (Å²) < 4.78 is 5.00. The number of carbonyl (C=O) groups is 3. The van der Waals surface area contributed by atoms with Crippen molar-refractivity contribution in [2.75, 3.05) is 38.1 Å². The minimum Gasteiger partial charge on any atom is -0.462 e. The van der Waals surface area contributed by atoms with Crippen molar-refractivity contribution in [1.29, 1.82) is 0 Å². The fraction of sp³-hybridized carbons (Fsp3) is 0.654. The van der Waals surface area contributed by atoms with E-state index in [1.807, 2.05) is 6.92 Å².